The van der Waals surface area contributed by atoms with Crippen LogP contribution < -0.4 is 4.74 Å². The maximum absolute atomic E-state index is 5.29. The van der Waals surface area contributed by atoms with Crippen LogP contribution in [0.25, 0.3) is 6.08 Å². The van der Waals surface area contributed by atoms with Gasteiger partial charge in [-0.2, -0.15) is 0 Å². The van der Waals surface area contributed by atoms with Crippen molar-refractivity contribution in [2.45, 2.75) is 6.92 Å². The number of rotatable bonds is 3. The average molecular weight is 160 g/mol. The Labute approximate surface area is 73.0 Å². The van der Waals surface area contributed by atoms with E-state index in [4.69, 9.17) is 4.74 Å². The number of hydrogen-bond donors (Lipinski definition) is 0. The van der Waals surface area contributed by atoms with Crippen LogP contribution in [-0.4, -0.2) is 6.61 Å². The second-order valence-electron chi connectivity index (χ2n) is 2.35. The van der Waals surface area contributed by atoms with Gasteiger partial charge < -0.3 is 4.74 Å². The fourth-order valence-electron chi connectivity index (χ4n) is 0.945. The largest absolute Gasteiger partial charge is 0.494 e. The van der Waals surface area contributed by atoms with Crippen molar-refractivity contribution in [2.75, 3.05) is 6.61 Å². The van der Waals surface area contributed by atoms with E-state index < -0.39 is 0 Å². The predicted octanol–water partition coefficient (Wildman–Crippen LogP) is 2.88. The zero-order valence-electron chi connectivity index (χ0n) is 7.21. The number of ether oxygens (including phenoxy) is 1. The molecule has 0 aliphatic rings. The van der Waals surface area contributed by atoms with E-state index in [2.05, 4.69) is 12.3 Å². The number of hydrogen-bond acceptors (Lipinski definition) is 1. The second-order valence-corrected chi connectivity index (χ2v) is 2.35. The lowest BCUT2D eigenvalue weighted by Crippen LogP contribution is -1.90. The van der Waals surface area contributed by atoms with Crippen molar-refractivity contribution in [1.29, 1.82) is 0 Å². The highest BCUT2D eigenvalue weighted by atomic mass is 16.5. The van der Waals surface area contributed by atoms with Crippen molar-refractivity contribution in [1.82, 2.24) is 0 Å². The van der Waals surface area contributed by atoms with Crippen LogP contribution in [0.4, 0.5) is 0 Å². The first-order chi connectivity index (χ1) is 5.86. The van der Waals surface area contributed by atoms with Gasteiger partial charge in [0.05, 0.1) is 6.61 Å². The Kier molecular flexibility index (Phi) is 3.18. The molecule has 1 nitrogen and oxygen atoms in total. The molecule has 0 N–H and O–H groups in total. The normalized spacial score (nSPS) is 8.75. The number of benzene rings is 1. The summed E-state index contributed by atoms with van der Waals surface area (Å²) in [5.41, 5.74) is 3.81. The van der Waals surface area contributed by atoms with Gasteiger partial charge in [-0.15, -0.1) is 5.73 Å². The van der Waals surface area contributed by atoms with E-state index in [0.29, 0.717) is 6.61 Å². The van der Waals surface area contributed by atoms with Gasteiger partial charge >= 0.3 is 0 Å². The van der Waals surface area contributed by atoms with Crippen LogP contribution >= 0.6 is 0 Å². The lowest BCUT2D eigenvalue weighted by Gasteiger charge is -2.01. The van der Waals surface area contributed by atoms with Crippen LogP contribution in [-0.2, 0) is 0 Å². The quantitative estimate of drug-likeness (QED) is 0.618. The summed E-state index contributed by atoms with van der Waals surface area (Å²) < 4.78 is 5.29. The molecule has 1 rings (SSSR count). The Hall–Kier alpha value is -1.46. The van der Waals surface area contributed by atoms with E-state index in [-0.39, 0.29) is 0 Å². The molecule has 0 aromatic heterocycles. The van der Waals surface area contributed by atoms with Gasteiger partial charge in [0.25, 0.3) is 0 Å². The monoisotopic (exact) mass is 160 g/mol. The molecule has 1 aromatic rings. The van der Waals surface area contributed by atoms with E-state index in [1.165, 1.54) is 0 Å². The van der Waals surface area contributed by atoms with Crippen molar-refractivity contribution in [3.63, 3.8) is 0 Å². The minimum absolute atomic E-state index is 0.705. The molecule has 0 aliphatic heterocycles. The molecule has 0 amide bonds. The topological polar surface area (TPSA) is 9.23 Å². The van der Waals surface area contributed by atoms with E-state index >= 15 is 0 Å². The first-order valence-electron chi connectivity index (χ1n) is 3.95. The van der Waals surface area contributed by atoms with Gasteiger partial charge in [-0.3, -0.25) is 0 Å². The molecular formula is C11H12O. The Bertz CT molecular complexity index is 278. The first-order valence-corrected chi connectivity index (χ1v) is 3.95. The highest BCUT2D eigenvalue weighted by molar-refractivity contribution is 5.49. The Balaban J connectivity index is 2.77. The van der Waals surface area contributed by atoms with Crippen LogP contribution in [0.3, 0.4) is 0 Å². The highest BCUT2D eigenvalue weighted by Crippen LogP contribution is 2.12. The molecule has 0 spiro atoms. The molecule has 1 heteroatoms. The zero-order chi connectivity index (χ0) is 8.81. The summed E-state index contributed by atoms with van der Waals surface area (Å²) in [6, 6.07) is 7.83. The third-order valence-corrected chi connectivity index (χ3v) is 1.46. The fraction of sp³-hybridized carbons (Fsp3) is 0.182. The Morgan fingerprint density at radius 2 is 2.08 bits per heavy atom. The van der Waals surface area contributed by atoms with Crippen LogP contribution in [0.5, 0.6) is 5.75 Å². The molecule has 0 saturated heterocycles. The lowest BCUT2D eigenvalue weighted by molar-refractivity contribution is 0.340. The molecule has 0 fully saturated rings. The predicted molar refractivity (Wildman–Crippen MR) is 51.2 cm³/mol. The van der Waals surface area contributed by atoms with Crippen molar-refractivity contribution >= 4 is 6.08 Å². The third kappa shape index (κ3) is 2.30. The van der Waals surface area contributed by atoms with E-state index in [0.717, 1.165) is 11.3 Å². The van der Waals surface area contributed by atoms with Gasteiger partial charge in [-0.1, -0.05) is 18.7 Å². The van der Waals surface area contributed by atoms with Gasteiger partial charge in [0.1, 0.15) is 5.75 Å². The molecule has 0 unspecified atom stereocenters. The SMILES string of the molecule is C=C=Cc1ccc(OCC)cc1. The molecule has 0 atom stereocenters. The van der Waals surface area contributed by atoms with Crippen molar-refractivity contribution < 1.29 is 4.74 Å². The lowest BCUT2D eigenvalue weighted by atomic mass is 10.2. The summed E-state index contributed by atoms with van der Waals surface area (Å²) in [7, 11) is 0. The Morgan fingerprint density at radius 1 is 1.42 bits per heavy atom. The molecule has 0 radical (unpaired) electrons. The second kappa shape index (κ2) is 4.42. The molecule has 0 aliphatic carbocycles. The molecule has 0 bridgehead atoms. The third-order valence-electron chi connectivity index (χ3n) is 1.46. The summed E-state index contributed by atoms with van der Waals surface area (Å²) >= 11 is 0. The molecule has 0 heterocycles. The van der Waals surface area contributed by atoms with E-state index in [1.807, 2.05) is 37.3 Å². The summed E-state index contributed by atoms with van der Waals surface area (Å²) in [6.45, 7) is 6.18. The summed E-state index contributed by atoms with van der Waals surface area (Å²) in [4.78, 5) is 0. The van der Waals surface area contributed by atoms with E-state index in [1.54, 1.807) is 0 Å². The van der Waals surface area contributed by atoms with Crippen molar-refractivity contribution in [3.05, 3.63) is 42.1 Å². The van der Waals surface area contributed by atoms with Gasteiger partial charge in [-0.05, 0) is 30.7 Å². The van der Waals surface area contributed by atoms with Gasteiger partial charge in [0, 0.05) is 0 Å². The smallest absolute Gasteiger partial charge is 0.119 e. The van der Waals surface area contributed by atoms with Crippen molar-refractivity contribution in [3.8, 4) is 5.75 Å². The maximum Gasteiger partial charge on any atom is 0.119 e. The van der Waals surface area contributed by atoms with Crippen LogP contribution in [0.15, 0.2) is 36.6 Å². The molecular weight excluding hydrogens is 148 g/mol. The summed E-state index contributed by atoms with van der Waals surface area (Å²) in [5, 5.41) is 0. The first kappa shape index (κ1) is 8.63. The molecule has 62 valence electrons. The molecule has 1 aromatic carbocycles. The van der Waals surface area contributed by atoms with Crippen LogP contribution in [0.2, 0.25) is 0 Å². The fourth-order valence-corrected chi connectivity index (χ4v) is 0.945. The minimum atomic E-state index is 0.705. The van der Waals surface area contributed by atoms with Gasteiger partial charge in [0.15, 0.2) is 0 Å². The van der Waals surface area contributed by atoms with Crippen molar-refractivity contribution in [2.24, 2.45) is 0 Å². The van der Waals surface area contributed by atoms with Gasteiger partial charge in [-0.25, -0.2) is 0 Å². The Morgan fingerprint density at radius 3 is 2.58 bits per heavy atom. The zero-order valence-corrected chi connectivity index (χ0v) is 7.21. The minimum Gasteiger partial charge on any atom is -0.494 e. The summed E-state index contributed by atoms with van der Waals surface area (Å²) in [5.74, 6) is 0.902. The molecule has 0 saturated carbocycles. The highest BCUT2D eigenvalue weighted by Gasteiger charge is 1.89. The maximum atomic E-state index is 5.29. The molecule has 12 heavy (non-hydrogen) atoms. The van der Waals surface area contributed by atoms with Crippen LogP contribution in [0, 0.1) is 0 Å². The van der Waals surface area contributed by atoms with E-state index in [9.17, 15) is 0 Å². The standard InChI is InChI=1S/C11H12O/c1-3-5-10-6-8-11(9-7-10)12-4-2/h5-9H,1,4H2,2H3. The summed E-state index contributed by atoms with van der Waals surface area (Å²) in [6.07, 6.45) is 1.83. The van der Waals surface area contributed by atoms with Crippen LogP contribution in [0.1, 0.15) is 12.5 Å². The average Bonchev–Trinajstić information content (AvgIpc) is 2.09. The van der Waals surface area contributed by atoms with Gasteiger partial charge in [0.2, 0.25) is 0 Å².